The Balaban J connectivity index is 1.58. The van der Waals surface area contributed by atoms with E-state index >= 15 is 0 Å². The van der Waals surface area contributed by atoms with E-state index in [2.05, 4.69) is 0 Å². The van der Waals surface area contributed by atoms with Gasteiger partial charge < -0.3 is 9.64 Å². The van der Waals surface area contributed by atoms with Crippen molar-refractivity contribution >= 4 is 17.7 Å². The third-order valence-electron chi connectivity index (χ3n) is 6.05. The second-order valence-corrected chi connectivity index (χ2v) is 7.53. The van der Waals surface area contributed by atoms with Gasteiger partial charge in [-0.1, -0.05) is 25.0 Å². The summed E-state index contributed by atoms with van der Waals surface area (Å²) in [7, 11) is 3.37. The summed E-state index contributed by atoms with van der Waals surface area (Å²) in [6, 6.07) is 7.51. The first-order valence-corrected chi connectivity index (χ1v) is 9.69. The highest BCUT2D eigenvalue weighted by Crippen LogP contribution is 2.38. The molecule has 0 radical (unpaired) electrons. The van der Waals surface area contributed by atoms with Gasteiger partial charge in [0.1, 0.15) is 5.75 Å². The summed E-state index contributed by atoms with van der Waals surface area (Å²) in [4.78, 5) is 40.6. The van der Waals surface area contributed by atoms with Crippen LogP contribution in [-0.2, 0) is 14.4 Å². The zero-order valence-electron chi connectivity index (χ0n) is 16.3. The van der Waals surface area contributed by atoms with Crippen LogP contribution in [0.25, 0.3) is 0 Å². The smallest absolute Gasteiger partial charge is 0.233 e. The lowest BCUT2D eigenvalue weighted by molar-refractivity contribution is -0.141. The third-order valence-corrected chi connectivity index (χ3v) is 6.05. The number of benzene rings is 1. The Kier molecular flexibility index (Phi) is 5.82. The maximum atomic E-state index is 12.6. The first kappa shape index (κ1) is 19.4. The second kappa shape index (κ2) is 8.11. The van der Waals surface area contributed by atoms with Crippen LogP contribution in [0, 0.1) is 11.8 Å². The highest BCUT2D eigenvalue weighted by molar-refractivity contribution is 6.05. The number of fused-ring (bicyclic) bond motifs is 1. The van der Waals surface area contributed by atoms with Crippen LogP contribution in [0.15, 0.2) is 24.3 Å². The molecule has 0 aromatic heterocycles. The molecule has 1 aromatic rings. The molecule has 1 aliphatic heterocycles. The molecule has 0 N–H and O–H groups in total. The molecular weight excluding hydrogens is 344 g/mol. The molecule has 1 heterocycles. The largest absolute Gasteiger partial charge is 0.497 e. The summed E-state index contributed by atoms with van der Waals surface area (Å²) in [5.74, 6) is 0.225. The minimum atomic E-state index is -0.155. The first-order chi connectivity index (χ1) is 12.9. The lowest BCUT2D eigenvalue weighted by atomic mass is 9.81. The van der Waals surface area contributed by atoms with Crippen LogP contribution in [0.4, 0.5) is 0 Å². The van der Waals surface area contributed by atoms with E-state index in [0.29, 0.717) is 0 Å². The molecule has 1 saturated heterocycles. The molecule has 6 heteroatoms. The van der Waals surface area contributed by atoms with E-state index in [1.807, 2.05) is 31.2 Å². The summed E-state index contributed by atoms with van der Waals surface area (Å²) in [5.41, 5.74) is 1.01. The molecule has 3 amide bonds. The minimum Gasteiger partial charge on any atom is -0.497 e. The number of likely N-dealkylation sites (tertiary alicyclic amines) is 1. The molecule has 0 spiro atoms. The van der Waals surface area contributed by atoms with Crippen molar-refractivity contribution in [1.29, 1.82) is 0 Å². The van der Waals surface area contributed by atoms with Crippen molar-refractivity contribution in [3.63, 3.8) is 0 Å². The number of rotatable bonds is 6. The molecule has 1 aromatic carbocycles. The van der Waals surface area contributed by atoms with Gasteiger partial charge in [0.05, 0.1) is 25.0 Å². The van der Waals surface area contributed by atoms with E-state index in [9.17, 15) is 14.4 Å². The van der Waals surface area contributed by atoms with E-state index in [1.54, 1.807) is 19.1 Å². The molecule has 3 atom stereocenters. The fraction of sp³-hybridized carbons (Fsp3) is 0.571. The third kappa shape index (κ3) is 3.84. The normalized spacial score (nSPS) is 23.1. The molecule has 6 nitrogen and oxygen atoms in total. The number of methoxy groups -OCH3 is 1. The molecule has 0 bridgehead atoms. The fourth-order valence-electron chi connectivity index (χ4n) is 4.16. The SMILES string of the molecule is COc1ccc(C(C)N(C)C(=O)CCN2C(=O)C3CCCCC3C2=O)cc1. The van der Waals surface area contributed by atoms with E-state index in [-0.39, 0.29) is 48.6 Å². The average molecular weight is 372 g/mol. The van der Waals surface area contributed by atoms with Gasteiger partial charge in [-0.05, 0) is 37.5 Å². The fourth-order valence-corrected chi connectivity index (χ4v) is 4.16. The van der Waals surface area contributed by atoms with Crippen LogP contribution in [-0.4, -0.2) is 48.2 Å². The van der Waals surface area contributed by atoms with Gasteiger partial charge in [0.15, 0.2) is 0 Å². The Hall–Kier alpha value is -2.37. The molecular formula is C21H28N2O4. The van der Waals surface area contributed by atoms with Gasteiger partial charge in [0.25, 0.3) is 0 Å². The number of carbonyl (C=O) groups excluding carboxylic acids is 3. The van der Waals surface area contributed by atoms with E-state index in [1.165, 1.54) is 4.90 Å². The van der Waals surface area contributed by atoms with Gasteiger partial charge in [-0.15, -0.1) is 0 Å². The number of hydrogen-bond acceptors (Lipinski definition) is 4. The van der Waals surface area contributed by atoms with Crippen LogP contribution < -0.4 is 4.74 Å². The van der Waals surface area contributed by atoms with E-state index in [0.717, 1.165) is 37.0 Å². The van der Waals surface area contributed by atoms with E-state index in [4.69, 9.17) is 4.74 Å². The highest BCUT2D eigenvalue weighted by atomic mass is 16.5. The van der Waals surface area contributed by atoms with Gasteiger partial charge in [-0.3, -0.25) is 19.3 Å². The van der Waals surface area contributed by atoms with Crippen molar-refractivity contribution < 1.29 is 19.1 Å². The van der Waals surface area contributed by atoms with Gasteiger partial charge in [0.2, 0.25) is 17.7 Å². The Morgan fingerprint density at radius 3 is 2.22 bits per heavy atom. The number of carbonyl (C=O) groups is 3. The molecule has 27 heavy (non-hydrogen) atoms. The van der Waals surface area contributed by atoms with Crippen LogP contribution in [0.3, 0.4) is 0 Å². The van der Waals surface area contributed by atoms with Crippen molar-refractivity contribution in [2.24, 2.45) is 11.8 Å². The number of nitrogens with zero attached hydrogens (tertiary/aromatic N) is 2. The Morgan fingerprint density at radius 1 is 1.15 bits per heavy atom. The van der Waals surface area contributed by atoms with Crippen molar-refractivity contribution in [3.05, 3.63) is 29.8 Å². The summed E-state index contributed by atoms with van der Waals surface area (Å²) in [5, 5.41) is 0. The average Bonchev–Trinajstić information content (AvgIpc) is 2.95. The summed E-state index contributed by atoms with van der Waals surface area (Å²) in [6.45, 7) is 2.14. The predicted molar refractivity (Wildman–Crippen MR) is 101 cm³/mol. The molecule has 1 aliphatic carbocycles. The lowest BCUT2D eigenvalue weighted by Crippen LogP contribution is -2.36. The van der Waals surface area contributed by atoms with Gasteiger partial charge in [-0.25, -0.2) is 0 Å². The first-order valence-electron chi connectivity index (χ1n) is 9.69. The number of amides is 3. The molecule has 3 unspecified atom stereocenters. The van der Waals surface area contributed by atoms with E-state index < -0.39 is 0 Å². The second-order valence-electron chi connectivity index (χ2n) is 7.53. The van der Waals surface area contributed by atoms with Gasteiger partial charge in [0, 0.05) is 20.0 Å². The van der Waals surface area contributed by atoms with Crippen LogP contribution in [0.1, 0.15) is 50.6 Å². The Labute approximate surface area is 160 Å². The zero-order chi connectivity index (χ0) is 19.6. The van der Waals surface area contributed by atoms with Crippen molar-refractivity contribution in [2.45, 2.75) is 45.1 Å². The van der Waals surface area contributed by atoms with Crippen LogP contribution in [0.2, 0.25) is 0 Å². The Morgan fingerprint density at radius 2 is 1.70 bits per heavy atom. The van der Waals surface area contributed by atoms with Gasteiger partial charge >= 0.3 is 0 Å². The van der Waals surface area contributed by atoms with Crippen LogP contribution in [0.5, 0.6) is 5.75 Å². The lowest BCUT2D eigenvalue weighted by Gasteiger charge is -2.26. The van der Waals surface area contributed by atoms with Crippen molar-refractivity contribution in [2.75, 3.05) is 20.7 Å². The molecule has 2 fully saturated rings. The highest BCUT2D eigenvalue weighted by Gasteiger charge is 2.47. The summed E-state index contributed by atoms with van der Waals surface area (Å²) >= 11 is 0. The number of imide groups is 1. The maximum absolute atomic E-state index is 12.6. The van der Waals surface area contributed by atoms with Crippen molar-refractivity contribution in [3.8, 4) is 5.75 Å². The number of hydrogen-bond donors (Lipinski definition) is 0. The zero-order valence-corrected chi connectivity index (χ0v) is 16.3. The van der Waals surface area contributed by atoms with Crippen molar-refractivity contribution in [1.82, 2.24) is 9.80 Å². The Bertz CT molecular complexity index is 691. The summed E-state index contributed by atoms with van der Waals surface area (Å²) < 4.78 is 5.16. The maximum Gasteiger partial charge on any atom is 0.233 e. The quantitative estimate of drug-likeness (QED) is 0.720. The number of ether oxygens (including phenoxy) is 1. The molecule has 3 rings (SSSR count). The standard InChI is InChI=1S/C21H28N2O4/c1-14(15-8-10-16(27-3)11-9-15)22(2)19(24)12-13-23-20(25)17-6-4-5-7-18(17)21(23)26/h8-11,14,17-18H,4-7,12-13H2,1-3H3. The molecule has 2 aliphatic rings. The monoisotopic (exact) mass is 372 g/mol. The van der Waals surface area contributed by atoms with Gasteiger partial charge in [-0.2, -0.15) is 0 Å². The topological polar surface area (TPSA) is 66.9 Å². The minimum absolute atomic E-state index is 0.0752. The molecule has 1 saturated carbocycles. The van der Waals surface area contributed by atoms with Crippen LogP contribution >= 0.6 is 0 Å². The predicted octanol–water partition coefficient (Wildman–Crippen LogP) is 2.78. The molecule has 146 valence electrons. The summed E-state index contributed by atoms with van der Waals surface area (Å²) in [6.07, 6.45) is 3.78.